The fourth-order valence-corrected chi connectivity index (χ4v) is 3.43. The molecule has 0 aromatic heterocycles. The predicted octanol–water partition coefficient (Wildman–Crippen LogP) is 5.19. The van der Waals surface area contributed by atoms with E-state index < -0.39 is 8.07 Å². The standard InChI is InChI=1S/C23H33NO4Si/c1-26-19-28-22-12-10-20(11-13-22)14-15-24(18-21-8-6-5-7-9-21)23(25)27-16-17-29(2,3)4/h5-13H,14-19H2,1-4H3. The van der Waals surface area contributed by atoms with Crippen LogP contribution in [0, 0.1) is 0 Å². The van der Waals surface area contributed by atoms with Crippen molar-refractivity contribution in [2.75, 3.05) is 27.1 Å². The van der Waals surface area contributed by atoms with E-state index in [2.05, 4.69) is 19.6 Å². The second-order valence-corrected chi connectivity index (χ2v) is 13.9. The van der Waals surface area contributed by atoms with Crippen molar-refractivity contribution in [1.82, 2.24) is 4.90 Å². The molecule has 0 atom stereocenters. The topological polar surface area (TPSA) is 48.0 Å². The first-order valence-electron chi connectivity index (χ1n) is 10.0. The Hall–Kier alpha value is -2.31. The van der Waals surface area contributed by atoms with Gasteiger partial charge in [-0.2, -0.15) is 0 Å². The van der Waals surface area contributed by atoms with E-state index in [0.29, 0.717) is 19.7 Å². The van der Waals surface area contributed by atoms with Crippen LogP contribution in [-0.2, 0) is 22.4 Å². The first-order chi connectivity index (χ1) is 13.9. The SMILES string of the molecule is COCOc1ccc(CCN(Cc2ccccc2)C(=O)OCC[Si](C)(C)C)cc1. The summed E-state index contributed by atoms with van der Waals surface area (Å²) in [4.78, 5) is 14.5. The molecule has 2 rings (SSSR count). The van der Waals surface area contributed by atoms with Crippen molar-refractivity contribution in [2.24, 2.45) is 0 Å². The highest BCUT2D eigenvalue weighted by Crippen LogP contribution is 2.15. The quantitative estimate of drug-likeness (QED) is 0.374. The highest BCUT2D eigenvalue weighted by Gasteiger charge is 2.18. The van der Waals surface area contributed by atoms with Gasteiger partial charge in [-0.05, 0) is 35.7 Å². The molecule has 0 saturated carbocycles. The normalized spacial score (nSPS) is 11.2. The fourth-order valence-electron chi connectivity index (χ4n) is 2.72. The first-order valence-corrected chi connectivity index (χ1v) is 13.7. The number of nitrogens with zero attached hydrogens (tertiary/aromatic N) is 1. The maximum atomic E-state index is 12.7. The van der Waals surface area contributed by atoms with Gasteiger partial charge >= 0.3 is 6.09 Å². The molecule has 0 fully saturated rings. The van der Waals surface area contributed by atoms with Crippen LogP contribution in [0.25, 0.3) is 0 Å². The molecule has 158 valence electrons. The molecule has 0 bridgehead atoms. The molecule has 1 amide bonds. The Kier molecular flexibility index (Phi) is 9.21. The van der Waals surface area contributed by atoms with E-state index in [-0.39, 0.29) is 12.9 Å². The van der Waals surface area contributed by atoms with E-state index in [0.717, 1.165) is 29.3 Å². The number of hydrogen-bond donors (Lipinski definition) is 0. The molecule has 5 nitrogen and oxygen atoms in total. The number of ether oxygens (including phenoxy) is 3. The number of carbonyl (C=O) groups is 1. The summed E-state index contributed by atoms with van der Waals surface area (Å²) in [6, 6.07) is 18.9. The number of carbonyl (C=O) groups excluding carboxylic acids is 1. The summed E-state index contributed by atoms with van der Waals surface area (Å²) in [6.07, 6.45) is 0.507. The molecule has 0 aliphatic carbocycles. The van der Waals surface area contributed by atoms with Gasteiger partial charge in [0.25, 0.3) is 0 Å². The molecule has 0 aliphatic rings. The molecule has 0 N–H and O–H groups in total. The first kappa shape index (κ1) is 23.0. The van der Waals surface area contributed by atoms with Gasteiger partial charge in [0.2, 0.25) is 0 Å². The van der Waals surface area contributed by atoms with Crippen LogP contribution in [-0.4, -0.2) is 46.1 Å². The van der Waals surface area contributed by atoms with Gasteiger partial charge < -0.3 is 19.1 Å². The van der Waals surface area contributed by atoms with Crippen molar-refractivity contribution in [2.45, 2.75) is 38.7 Å². The van der Waals surface area contributed by atoms with E-state index in [1.54, 1.807) is 12.0 Å². The third-order valence-electron chi connectivity index (χ3n) is 4.49. The lowest BCUT2D eigenvalue weighted by molar-refractivity contribution is 0.0511. The van der Waals surface area contributed by atoms with Gasteiger partial charge in [-0.1, -0.05) is 62.1 Å². The second-order valence-electron chi connectivity index (χ2n) is 8.28. The smallest absolute Gasteiger partial charge is 0.410 e. The van der Waals surface area contributed by atoms with Gasteiger partial charge in [0.1, 0.15) is 5.75 Å². The maximum absolute atomic E-state index is 12.7. The summed E-state index contributed by atoms with van der Waals surface area (Å²) in [5.41, 5.74) is 2.24. The van der Waals surface area contributed by atoms with Crippen LogP contribution < -0.4 is 4.74 Å². The zero-order valence-electron chi connectivity index (χ0n) is 18.0. The predicted molar refractivity (Wildman–Crippen MR) is 119 cm³/mol. The molecule has 2 aromatic carbocycles. The fraction of sp³-hybridized carbons (Fsp3) is 0.435. The Balaban J connectivity index is 1.96. The molecular formula is C23H33NO4Si. The lowest BCUT2D eigenvalue weighted by Crippen LogP contribution is -2.34. The Morgan fingerprint density at radius 2 is 1.66 bits per heavy atom. The van der Waals surface area contributed by atoms with E-state index in [9.17, 15) is 4.79 Å². The minimum atomic E-state index is -1.24. The molecule has 0 unspecified atom stereocenters. The molecule has 0 radical (unpaired) electrons. The summed E-state index contributed by atoms with van der Waals surface area (Å²) in [5, 5.41) is 0. The van der Waals surface area contributed by atoms with Crippen LogP contribution in [0.1, 0.15) is 11.1 Å². The van der Waals surface area contributed by atoms with Gasteiger partial charge in [-0.25, -0.2) is 4.79 Å². The van der Waals surface area contributed by atoms with Gasteiger partial charge in [-0.3, -0.25) is 0 Å². The largest absolute Gasteiger partial charge is 0.468 e. The van der Waals surface area contributed by atoms with Crippen molar-refractivity contribution in [1.29, 1.82) is 0 Å². The summed E-state index contributed by atoms with van der Waals surface area (Å²) in [6.45, 7) is 8.70. The number of methoxy groups -OCH3 is 1. The lowest BCUT2D eigenvalue weighted by atomic mass is 10.1. The van der Waals surface area contributed by atoms with Gasteiger partial charge in [-0.15, -0.1) is 0 Å². The third-order valence-corrected chi connectivity index (χ3v) is 6.19. The maximum Gasteiger partial charge on any atom is 0.410 e. The Labute approximate surface area is 175 Å². The van der Waals surface area contributed by atoms with Crippen LogP contribution in [0.2, 0.25) is 25.7 Å². The van der Waals surface area contributed by atoms with Gasteiger partial charge in [0.15, 0.2) is 6.79 Å². The average molecular weight is 416 g/mol. The monoisotopic (exact) mass is 415 g/mol. The van der Waals surface area contributed by atoms with Gasteiger partial charge in [0.05, 0.1) is 6.61 Å². The number of benzene rings is 2. The molecule has 0 aliphatic heterocycles. The molecule has 0 spiro atoms. The number of rotatable bonds is 11. The van der Waals surface area contributed by atoms with Crippen LogP contribution in [0.5, 0.6) is 5.75 Å². The Morgan fingerprint density at radius 3 is 2.28 bits per heavy atom. The number of hydrogen-bond acceptors (Lipinski definition) is 4. The van der Waals surface area contributed by atoms with E-state index in [1.807, 2.05) is 54.6 Å². The molecule has 2 aromatic rings. The average Bonchev–Trinajstić information content (AvgIpc) is 2.70. The van der Waals surface area contributed by atoms with Crippen molar-refractivity contribution in [3.05, 3.63) is 65.7 Å². The minimum absolute atomic E-state index is 0.230. The van der Waals surface area contributed by atoms with E-state index >= 15 is 0 Å². The lowest BCUT2D eigenvalue weighted by Gasteiger charge is -2.23. The van der Waals surface area contributed by atoms with Crippen LogP contribution in [0.15, 0.2) is 54.6 Å². The van der Waals surface area contributed by atoms with Gasteiger partial charge in [0, 0.05) is 28.3 Å². The Bertz CT molecular complexity index is 729. The summed E-state index contributed by atoms with van der Waals surface area (Å²) >= 11 is 0. The van der Waals surface area contributed by atoms with Crippen LogP contribution in [0.3, 0.4) is 0 Å². The third kappa shape index (κ3) is 9.15. The van der Waals surface area contributed by atoms with Crippen molar-refractivity contribution < 1.29 is 19.0 Å². The zero-order valence-corrected chi connectivity index (χ0v) is 19.0. The highest BCUT2D eigenvalue weighted by atomic mass is 28.3. The Morgan fingerprint density at radius 1 is 0.966 bits per heavy atom. The van der Waals surface area contributed by atoms with Crippen molar-refractivity contribution >= 4 is 14.2 Å². The second kappa shape index (κ2) is 11.6. The van der Waals surface area contributed by atoms with E-state index in [1.165, 1.54) is 0 Å². The molecule has 29 heavy (non-hydrogen) atoms. The highest BCUT2D eigenvalue weighted by molar-refractivity contribution is 6.76. The minimum Gasteiger partial charge on any atom is -0.468 e. The zero-order chi connectivity index (χ0) is 21.1. The molecular weight excluding hydrogens is 382 g/mol. The molecule has 6 heteroatoms. The number of amides is 1. The van der Waals surface area contributed by atoms with E-state index in [4.69, 9.17) is 14.2 Å². The summed E-state index contributed by atoms with van der Waals surface area (Å²) < 4.78 is 15.9. The van der Waals surface area contributed by atoms with Crippen molar-refractivity contribution in [3.8, 4) is 5.75 Å². The molecule has 0 heterocycles. The summed E-state index contributed by atoms with van der Waals surface area (Å²) in [5.74, 6) is 0.766. The summed E-state index contributed by atoms with van der Waals surface area (Å²) in [7, 11) is 0.360. The van der Waals surface area contributed by atoms with Crippen LogP contribution >= 0.6 is 0 Å². The molecule has 0 saturated heterocycles. The van der Waals surface area contributed by atoms with Crippen molar-refractivity contribution in [3.63, 3.8) is 0 Å². The van der Waals surface area contributed by atoms with Crippen LogP contribution in [0.4, 0.5) is 4.79 Å².